The molecule has 1 aromatic rings. The van der Waals surface area contributed by atoms with Gasteiger partial charge in [-0.3, -0.25) is 0 Å². The average molecular weight is 316 g/mol. The summed E-state index contributed by atoms with van der Waals surface area (Å²) in [4.78, 5) is 2.11. The molecule has 0 aliphatic heterocycles. The third-order valence-corrected chi connectivity index (χ3v) is 2.80. The predicted molar refractivity (Wildman–Crippen MR) is 85.9 cm³/mol. The van der Waals surface area contributed by atoms with Crippen LogP contribution in [0.3, 0.4) is 0 Å². The second-order valence-electron chi connectivity index (χ2n) is 4.17. The molecule has 0 saturated heterocycles. The molecular formula is C17H26FeNO. The maximum Gasteiger partial charge on any atom is 3.00 e. The van der Waals surface area contributed by atoms with E-state index in [-0.39, 0.29) is 31.9 Å². The Labute approximate surface area is 135 Å². The minimum Gasteiger partial charge on any atom is -0.515 e. The van der Waals surface area contributed by atoms with Gasteiger partial charge >= 0.3 is 17.1 Å². The van der Waals surface area contributed by atoms with Crippen LogP contribution in [-0.4, -0.2) is 30.1 Å². The van der Waals surface area contributed by atoms with E-state index in [1.807, 2.05) is 62.7 Å². The van der Waals surface area contributed by atoms with Crippen molar-refractivity contribution in [2.75, 3.05) is 14.1 Å². The molecule has 113 valence electrons. The van der Waals surface area contributed by atoms with E-state index in [1.54, 1.807) is 0 Å². The largest absolute Gasteiger partial charge is 3.00 e. The summed E-state index contributed by atoms with van der Waals surface area (Å²) < 4.78 is 0. The second-order valence-corrected chi connectivity index (χ2v) is 4.17. The van der Waals surface area contributed by atoms with Gasteiger partial charge in [0, 0.05) is 11.6 Å². The third-order valence-electron chi connectivity index (χ3n) is 2.80. The average Bonchev–Trinajstić information content (AvgIpc) is 3.01. The van der Waals surface area contributed by atoms with Crippen molar-refractivity contribution in [1.29, 1.82) is 0 Å². The molecule has 0 amide bonds. The van der Waals surface area contributed by atoms with Gasteiger partial charge in [-0.15, -0.1) is 0 Å². The Balaban J connectivity index is -0.000000312. The van der Waals surface area contributed by atoms with Gasteiger partial charge in [-0.25, -0.2) is 12.1 Å². The Bertz CT molecular complexity index is 385. The Morgan fingerprint density at radius 1 is 1.20 bits per heavy atom. The van der Waals surface area contributed by atoms with Gasteiger partial charge in [0.1, 0.15) is 0 Å². The van der Waals surface area contributed by atoms with Crippen LogP contribution in [0.1, 0.15) is 6.92 Å². The smallest absolute Gasteiger partial charge is 0.515 e. The normalized spacial score (nSPS) is 15.2. The first-order chi connectivity index (χ1) is 8.16. The van der Waals surface area contributed by atoms with E-state index >= 15 is 0 Å². The minimum atomic E-state index is 0. The zero-order chi connectivity index (χ0) is 12.7. The van der Waals surface area contributed by atoms with Crippen LogP contribution in [0.15, 0.2) is 66.0 Å². The van der Waals surface area contributed by atoms with Gasteiger partial charge in [-0.2, -0.15) is 18.2 Å². The van der Waals surface area contributed by atoms with Crippen molar-refractivity contribution in [1.82, 2.24) is 4.90 Å². The van der Waals surface area contributed by atoms with Crippen LogP contribution in [0.2, 0.25) is 0 Å². The zero-order valence-electron chi connectivity index (χ0n) is 13.0. The van der Waals surface area contributed by atoms with Crippen molar-refractivity contribution in [3.63, 3.8) is 0 Å². The molecule has 0 spiro atoms. The summed E-state index contributed by atoms with van der Waals surface area (Å²) in [6.07, 6.45) is 7.06. The molecular weight excluding hydrogens is 290 g/mol. The molecule has 1 atom stereocenters. The fourth-order valence-electron chi connectivity index (χ4n) is 1.54. The molecule has 1 aromatic carbocycles. The summed E-state index contributed by atoms with van der Waals surface area (Å²) in [5, 5.41) is 8.89. The predicted octanol–water partition coefficient (Wildman–Crippen LogP) is 4.18. The van der Waals surface area contributed by atoms with Crippen LogP contribution in [0.4, 0.5) is 0 Å². The maximum absolute atomic E-state index is 8.89. The maximum atomic E-state index is 8.89. The van der Waals surface area contributed by atoms with Crippen LogP contribution in [-0.2, 0) is 17.1 Å². The zero-order valence-corrected chi connectivity index (χ0v) is 14.1. The summed E-state index contributed by atoms with van der Waals surface area (Å²) in [5.74, 6) is 0. The van der Waals surface area contributed by atoms with Gasteiger partial charge in [0.05, 0.1) is 6.26 Å². The van der Waals surface area contributed by atoms with Crippen LogP contribution in [0.25, 0.3) is 0 Å². The summed E-state index contributed by atoms with van der Waals surface area (Å²) in [7, 11) is 4.05. The summed E-state index contributed by atoms with van der Waals surface area (Å²) in [5.41, 5.74) is 2.08. The molecule has 0 fully saturated rings. The Kier molecular flexibility index (Phi) is 15.4. The van der Waals surface area contributed by atoms with Crippen molar-refractivity contribution >= 4 is 0 Å². The van der Waals surface area contributed by atoms with E-state index in [2.05, 4.69) is 11.8 Å². The van der Waals surface area contributed by atoms with E-state index < -0.39 is 0 Å². The SMILES string of the molecule is C[C@@H](C1=CC=C/C1=C\O)N(C)C.[CH3-].[CH3-].[Fe+3].c1cc[cH-]c1. The van der Waals surface area contributed by atoms with Crippen LogP contribution in [0.5, 0.6) is 0 Å². The van der Waals surface area contributed by atoms with Gasteiger partial charge < -0.3 is 24.9 Å². The van der Waals surface area contributed by atoms with E-state index in [4.69, 9.17) is 5.11 Å². The molecule has 1 radical (unpaired) electrons. The van der Waals surface area contributed by atoms with Crippen LogP contribution < -0.4 is 0 Å². The molecule has 2 rings (SSSR count). The number of aliphatic hydroxyl groups is 1. The van der Waals surface area contributed by atoms with Crippen LogP contribution in [0, 0.1) is 14.9 Å². The summed E-state index contributed by atoms with van der Waals surface area (Å²) >= 11 is 0. The number of nitrogens with zero attached hydrogens (tertiary/aromatic N) is 1. The molecule has 1 aliphatic carbocycles. The van der Waals surface area contributed by atoms with Gasteiger partial charge in [-0.05, 0) is 26.6 Å². The fraction of sp³-hybridized carbons (Fsp3) is 0.235. The number of hydrogen-bond acceptors (Lipinski definition) is 2. The number of rotatable bonds is 2. The van der Waals surface area contributed by atoms with Crippen LogP contribution >= 0.6 is 0 Å². The molecule has 1 aliphatic rings. The summed E-state index contributed by atoms with van der Waals surface area (Å²) in [6, 6.07) is 10.3. The number of likely N-dealkylation sites (N-methyl/N-ethyl adjacent to an activating group) is 1. The van der Waals surface area contributed by atoms with Gasteiger partial charge in [0.25, 0.3) is 0 Å². The van der Waals surface area contributed by atoms with Crippen molar-refractivity contribution in [2.45, 2.75) is 13.0 Å². The van der Waals surface area contributed by atoms with Crippen molar-refractivity contribution in [3.8, 4) is 0 Å². The Morgan fingerprint density at radius 2 is 1.75 bits per heavy atom. The van der Waals surface area contributed by atoms with Crippen molar-refractivity contribution in [2.24, 2.45) is 0 Å². The van der Waals surface area contributed by atoms with Crippen molar-refractivity contribution < 1.29 is 22.2 Å². The molecule has 2 nitrogen and oxygen atoms in total. The Morgan fingerprint density at radius 3 is 2.10 bits per heavy atom. The molecule has 0 saturated carbocycles. The third kappa shape index (κ3) is 7.44. The molecule has 3 heteroatoms. The van der Waals surface area contributed by atoms with Gasteiger partial charge in [0.2, 0.25) is 0 Å². The quantitative estimate of drug-likeness (QED) is 0.503. The Hall–Kier alpha value is -1.15. The number of aliphatic hydroxyl groups excluding tert-OH is 1. The first-order valence-electron chi connectivity index (χ1n) is 5.73. The molecule has 0 heterocycles. The first-order valence-corrected chi connectivity index (χ1v) is 5.73. The molecule has 0 aromatic heterocycles. The summed E-state index contributed by atoms with van der Waals surface area (Å²) in [6.45, 7) is 2.11. The minimum absolute atomic E-state index is 0. The monoisotopic (exact) mass is 316 g/mol. The van der Waals surface area contributed by atoms with E-state index in [0.717, 1.165) is 11.8 Å². The molecule has 20 heavy (non-hydrogen) atoms. The molecule has 1 N–H and O–H groups in total. The molecule has 0 unspecified atom stereocenters. The second kappa shape index (κ2) is 12.9. The molecule has 0 bridgehead atoms. The number of allylic oxidation sites excluding steroid dienone is 3. The standard InChI is InChI=1S/C10H15NO.C5H5.2CH3.Fe/c1-8(11(2)3)10-6-4-5-9(10)7-12;1-2-4-5-3-1;;;/h4-8,12H,1-3H3;1-5H;2*1H3;/q;3*-1;+3/b9-7+;;;;/t8-;;;;/m0..../s1. The topological polar surface area (TPSA) is 23.5 Å². The fourth-order valence-corrected chi connectivity index (χ4v) is 1.54. The first kappa shape index (κ1) is 23.9. The van der Waals surface area contributed by atoms with E-state index in [9.17, 15) is 0 Å². The van der Waals surface area contributed by atoms with E-state index in [0.29, 0.717) is 6.04 Å². The van der Waals surface area contributed by atoms with E-state index in [1.165, 1.54) is 5.57 Å². The van der Waals surface area contributed by atoms with Gasteiger partial charge in [0.15, 0.2) is 0 Å². The van der Waals surface area contributed by atoms with Gasteiger partial charge in [-0.1, -0.05) is 18.2 Å². The van der Waals surface area contributed by atoms with Crippen molar-refractivity contribution in [3.05, 3.63) is 80.8 Å². The number of hydrogen-bond donors (Lipinski definition) is 1.